The average Bonchev–Trinajstić information content (AvgIpc) is 3.37. The molecule has 1 aliphatic rings. The van der Waals surface area contributed by atoms with Crippen LogP contribution in [0.3, 0.4) is 0 Å². The number of hydrogen-bond acceptors (Lipinski definition) is 19. The molecule has 0 saturated carbocycles. The molecule has 78 heavy (non-hydrogen) atoms. The first-order valence-corrected chi connectivity index (χ1v) is 27.5. The molecule has 26 nitrogen and oxygen atoms in total. The molecule has 1 saturated heterocycles. The molecule has 7 amide bonds. The van der Waals surface area contributed by atoms with Crippen molar-refractivity contribution in [3.63, 3.8) is 0 Å². The molecule has 0 aromatic rings. The van der Waals surface area contributed by atoms with Gasteiger partial charge in [0.25, 0.3) is 0 Å². The van der Waals surface area contributed by atoms with E-state index in [-0.39, 0.29) is 82.8 Å². The number of rotatable bonds is 29. The van der Waals surface area contributed by atoms with Crippen molar-refractivity contribution in [2.45, 2.75) is 186 Å². The van der Waals surface area contributed by atoms with Crippen molar-refractivity contribution >= 4 is 64.5 Å². The second-order valence-electron chi connectivity index (χ2n) is 20.8. The summed E-state index contributed by atoms with van der Waals surface area (Å²) in [7, 11) is 0. The van der Waals surface area contributed by atoms with E-state index in [1.54, 1.807) is 13.8 Å². The highest BCUT2D eigenvalue weighted by Crippen LogP contribution is 2.21. The smallest absolute Gasteiger partial charge is 0.245 e. The van der Waals surface area contributed by atoms with Gasteiger partial charge in [0.1, 0.15) is 30.0 Å². The largest absolute Gasteiger partial charge is 0.396 e. The Morgan fingerprint density at radius 1 is 0.641 bits per heavy atom. The highest BCUT2D eigenvalue weighted by molar-refractivity contribution is 5.99. The van der Waals surface area contributed by atoms with Gasteiger partial charge in [-0.1, -0.05) is 46.5 Å². The number of carbonyl (C=O) groups is 11. The minimum absolute atomic E-state index is 0.0394. The number of nitrogens with one attached hydrogen (secondary N) is 7. The molecule has 26 heteroatoms. The molecule has 0 radical (unpaired) electrons. The summed E-state index contributed by atoms with van der Waals surface area (Å²) in [6, 6.07) is -9.26. The second-order valence-corrected chi connectivity index (χ2v) is 20.8. The first-order chi connectivity index (χ1) is 36.9. The Labute approximate surface area is 458 Å². The van der Waals surface area contributed by atoms with Gasteiger partial charge in [-0.25, -0.2) is 0 Å². The average molecular weight is 1110 g/mol. The molecular formula is C52H93N11O15. The molecule has 0 aromatic heterocycles. The first-order valence-electron chi connectivity index (χ1n) is 27.5. The summed E-state index contributed by atoms with van der Waals surface area (Å²) in [6.45, 7) is 5.30. The highest BCUT2D eigenvalue weighted by Gasteiger charge is 2.38. The van der Waals surface area contributed by atoms with Crippen LogP contribution in [0.5, 0.6) is 0 Å². The summed E-state index contributed by atoms with van der Waals surface area (Å²) in [5.41, 5.74) is 23.2. The maximum atomic E-state index is 14.3. The summed E-state index contributed by atoms with van der Waals surface area (Å²) in [6.07, 6.45) is -0.917. The minimum Gasteiger partial charge on any atom is -0.396 e. The Morgan fingerprint density at radius 2 is 1.21 bits per heavy atom. The van der Waals surface area contributed by atoms with Crippen LogP contribution in [0, 0.1) is 29.6 Å². The number of carbonyl (C=O) groups excluding carboxylic acids is 11. The Bertz CT molecular complexity index is 1960. The molecule has 0 spiro atoms. The van der Waals surface area contributed by atoms with Gasteiger partial charge < -0.3 is 80.6 Å². The van der Waals surface area contributed by atoms with Crippen LogP contribution in [0.2, 0.25) is 0 Å². The van der Waals surface area contributed by atoms with Crippen LogP contribution in [0.4, 0.5) is 0 Å². The molecule has 1 rings (SSSR count). The maximum absolute atomic E-state index is 14.3. The summed E-state index contributed by atoms with van der Waals surface area (Å²) < 4.78 is 0. The van der Waals surface area contributed by atoms with Crippen molar-refractivity contribution in [2.75, 3.05) is 45.9 Å². The van der Waals surface area contributed by atoms with E-state index in [2.05, 4.69) is 44.1 Å². The second kappa shape index (κ2) is 38.3. The van der Waals surface area contributed by atoms with Gasteiger partial charge >= 0.3 is 0 Å². The summed E-state index contributed by atoms with van der Waals surface area (Å²) in [4.78, 5) is 151. The molecule has 0 bridgehead atoms. The van der Waals surface area contributed by atoms with Crippen LogP contribution in [0.15, 0.2) is 0 Å². The zero-order valence-corrected chi connectivity index (χ0v) is 46.4. The van der Waals surface area contributed by atoms with Gasteiger partial charge in [0.15, 0.2) is 17.3 Å². The van der Waals surface area contributed by atoms with E-state index in [1.165, 1.54) is 13.8 Å². The predicted molar refractivity (Wildman–Crippen MR) is 287 cm³/mol. The number of nitrogens with two attached hydrogens (primary N) is 4. The van der Waals surface area contributed by atoms with E-state index in [4.69, 9.17) is 22.9 Å². The van der Waals surface area contributed by atoms with E-state index in [1.807, 2.05) is 0 Å². The van der Waals surface area contributed by atoms with Crippen molar-refractivity contribution in [1.29, 1.82) is 0 Å². The third-order valence-corrected chi connectivity index (χ3v) is 13.6. The topological polar surface area (TPSA) is 457 Å². The lowest BCUT2D eigenvalue weighted by Gasteiger charge is -2.28. The summed E-state index contributed by atoms with van der Waals surface area (Å²) >= 11 is 0. The SMILES string of the molecule is CCCCCCCC(=O)C[C@@H](CCN)C(=O)N[C@H](C(=O)C[C@H](CO)C(=O)N[C@H]1CCNC(=O)[C@H](CO)NC(=O)[C@H](CCN)CC(=O)[C@H](CCN)NC(=O)[C@H]([C@@H](C)O)NC(=O)[C@@H](CC(C)C)CC(=O)[C@H](CCN)NC1=O)[C@@H](C)O. The number of aliphatic hydroxyl groups is 4. The number of aliphatic hydroxyl groups excluding tert-OH is 4. The number of hydrogen-bond donors (Lipinski definition) is 15. The molecule has 446 valence electrons. The van der Waals surface area contributed by atoms with E-state index >= 15 is 0 Å². The molecule has 0 unspecified atom stereocenters. The molecular weight excluding hydrogens is 1020 g/mol. The Balaban J connectivity index is 3.71. The quantitative estimate of drug-likeness (QED) is 0.0320. The zero-order valence-electron chi connectivity index (χ0n) is 46.4. The predicted octanol–water partition coefficient (Wildman–Crippen LogP) is -3.74. The third kappa shape index (κ3) is 25.6. The zero-order chi connectivity index (χ0) is 59.1. The lowest BCUT2D eigenvalue weighted by atomic mass is 9.88. The minimum atomic E-state index is -1.66. The van der Waals surface area contributed by atoms with E-state index in [0.29, 0.717) is 6.42 Å². The van der Waals surface area contributed by atoms with Crippen molar-refractivity contribution in [2.24, 2.45) is 52.5 Å². The van der Waals surface area contributed by atoms with Crippen LogP contribution in [0.1, 0.15) is 137 Å². The van der Waals surface area contributed by atoms with E-state index in [9.17, 15) is 73.2 Å². The maximum Gasteiger partial charge on any atom is 0.245 e. The van der Waals surface area contributed by atoms with Crippen molar-refractivity contribution < 1.29 is 73.2 Å². The summed E-state index contributed by atoms with van der Waals surface area (Å²) in [5, 5.41) is 59.4. The Hall–Kier alpha value is -5.35. The van der Waals surface area contributed by atoms with Crippen molar-refractivity contribution in [3.8, 4) is 0 Å². The number of Topliss-reactive ketones (excluding diaryl/α,β-unsaturated/α-hetero) is 4. The Kier molecular flexibility index (Phi) is 34.7. The van der Waals surface area contributed by atoms with E-state index in [0.717, 1.165) is 25.7 Å². The van der Waals surface area contributed by atoms with Gasteiger partial charge in [-0.2, -0.15) is 0 Å². The number of amides is 7. The van der Waals surface area contributed by atoms with E-state index < -0.39 is 176 Å². The molecule has 1 fully saturated rings. The van der Waals surface area contributed by atoms with Crippen LogP contribution in [-0.4, -0.2) is 179 Å². The molecule has 0 aliphatic carbocycles. The van der Waals surface area contributed by atoms with Gasteiger partial charge in [0, 0.05) is 56.4 Å². The molecule has 1 aliphatic heterocycles. The normalized spacial score (nSPS) is 23.8. The van der Waals surface area contributed by atoms with Crippen LogP contribution < -0.4 is 60.2 Å². The standard InChI is InChI=1S/C52H93N11O15/c1-6-7-8-9-10-11-36(68)23-32(12-17-53)47(73)62-44(30(4)66)43(71)26-35(27-64)49(75)60-39-16-21-57-50(76)40(28-65)61-46(72)33(13-18-54)24-41(69)38(15-20-56)59-52(78)45(31(5)67)63-48(74)34(22-29(2)3)25-42(70)37(14-19-55)58-51(39)77/h29-35,37-40,44-45,64-67H,6-28,53-56H2,1-5H3,(H,57,76)(H,58,77)(H,59,78)(H,60,75)(H,61,72)(H,62,73)(H,63,74)/t30-,31-,32-,33-,34+,35-,37+,38+,39+,40+,44+,45+/m1/s1. The molecule has 1 heterocycles. The number of unbranched alkanes of at least 4 members (excludes halogenated alkanes) is 4. The van der Waals surface area contributed by atoms with Crippen LogP contribution in [0.25, 0.3) is 0 Å². The lowest BCUT2D eigenvalue weighted by Crippen LogP contribution is -2.57. The lowest BCUT2D eigenvalue weighted by molar-refractivity contribution is -0.138. The number of ketones is 4. The molecule has 12 atom stereocenters. The van der Waals surface area contributed by atoms with Gasteiger partial charge in [-0.05, 0) is 90.9 Å². The van der Waals surface area contributed by atoms with Crippen LogP contribution in [-0.2, 0) is 52.7 Å². The van der Waals surface area contributed by atoms with Crippen molar-refractivity contribution in [1.82, 2.24) is 37.2 Å². The third-order valence-electron chi connectivity index (χ3n) is 13.6. The molecule has 0 aromatic carbocycles. The first kappa shape index (κ1) is 70.7. The fourth-order valence-corrected chi connectivity index (χ4v) is 9.01. The van der Waals surface area contributed by atoms with Crippen LogP contribution >= 0.6 is 0 Å². The van der Waals surface area contributed by atoms with Gasteiger partial charge in [0.05, 0.1) is 43.4 Å². The van der Waals surface area contributed by atoms with Gasteiger partial charge in [-0.15, -0.1) is 0 Å². The fraction of sp³-hybridized carbons (Fsp3) is 0.788. The Morgan fingerprint density at radius 3 is 1.73 bits per heavy atom. The fourth-order valence-electron chi connectivity index (χ4n) is 9.01. The van der Waals surface area contributed by atoms with Gasteiger partial charge in [-0.3, -0.25) is 52.7 Å². The van der Waals surface area contributed by atoms with Gasteiger partial charge in [0.2, 0.25) is 41.4 Å². The summed E-state index contributed by atoms with van der Waals surface area (Å²) in [5.74, 6) is -14.0. The van der Waals surface area contributed by atoms with Crippen molar-refractivity contribution in [3.05, 3.63) is 0 Å². The monoisotopic (exact) mass is 1110 g/mol. The highest BCUT2D eigenvalue weighted by atomic mass is 16.3. The molecule has 19 N–H and O–H groups in total.